The van der Waals surface area contributed by atoms with Crippen molar-refractivity contribution in [2.24, 2.45) is 18.9 Å². The lowest BCUT2D eigenvalue weighted by molar-refractivity contribution is 0.415. The zero-order valence-corrected chi connectivity index (χ0v) is 19.5. The van der Waals surface area contributed by atoms with Crippen molar-refractivity contribution in [2.75, 3.05) is 17.1 Å². The average Bonchev–Trinajstić information content (AvgIpc) is 3.44. The third kappa shape index (κ3) is 4.52. The highest BCUT2D eigenvalue weighted by molar-refractivity contribution is 14.1. The summed E-state index contributed by atoms with van der Waals surface area (Å²) in [4.78, 5) is 12.3. The maximum atomic E-state index is 14.4. The largest absolute Gasteiger partial charge is 0.494 e. The number of hydrogen-bond acceptors (Lipinski definition) is 5. The molecule has 1 aliphatic rings. The smallest absolute Gasteiger partial charge is 0.255 e. The second-order valence-corrected chi connectivity index (χ2v) is 10.6. The Bertz CT molecular complexity index is 1100. The predicted molar refractivity (Wildman–Crippen MR) is 120 cm³/mol. The van der Waals surface area contributed by atoms with Gasteiger partial charge in [-0.3, -0.25) is 14.1 Å². The van der Waals surface area contributed by atoms with Crippen LogP contribution in [0.4, 0.5) is 21.6 Å². The first-order valence-electron chi connectivity index (χ1n) is 9.07. The van der Waals surface area contributed by atoms with E-state index < -0.39 is 26.6 Å². The van der Waals surface area contributed by atoms with E-state index in [0.29, 0.717) is 9.99 Å². The standard InChI is InChI=1S/C19H23FIN3O4S/c1-10(2)12-8-16(12)29(26,27)23-18-15(28-4)9-17(25)24(3)19(18)22-14-6-5-11(21)7-13(14)20/h5-7,9-10,12,16,22-23H,8H2,1-4H3. The molecule has 2 N–H and O–H groups in total. The molecular weight excluding hydrogens is 512 g/mol. The summed E-state index contributed by atoms with van der Waals surface area (Å²) in [5, 5.41) is 2.34. The first-order valence-corrected chi connectivity index (χ1v) is 11.7. The van der Waals surface area contributed by atoms with E-state index in [1.54, 1.807) is 6.07 Å². The van der Waals surface area contributed by atoms with Crippen molar-refractivity contribution >= 4 is 49.8 Å². The second kappa shape index (κ2) is 8.13. The van der Waals surface area contributed by atoms with E-state index >= 15 is 0 Å². The number of ether oxygens (including phenoxy) is 1. The van der Waals surface area contributed by atoms with Crippen LogP contribution in [0.25, 0.3) is 0 Å². The Labute approximate surface area is 182 Å². The first-order chi connectivity index (χ1) is 13.5. The molecule has 0 aliphatic heterocycles. The van der Waals surface area contributed by atoms with Crippen molar-refractivity contribution in [3.8, 4) is 5.75 Å². The molecule has 10 heteroatoms. The molecule has 0 saturated heterocycles. The summed E-state index contributed by atoms with van der Waals surface area (Å²) in [6.07, 6.45) is 0.579. The lowest BCUT2D eigenvalue weighted by Crippen LogP contribution is -2.25. The van der Waals surface area contributed by atoms with Crippen LogP contribution in [0.3, 0.4) is 0 Å². The molecular formula is C19H23FIN3O4S. The number of hydrogen-bond donors (Lipinski definition) is 2. The first kappa shape index (κ1) is 21.9. The minimum absolute atomic E-state index is 0.0619. The number of nitrogens with one attached hydrogen (secondary N) is 2. The number of pyridine rings is 1. The molecule has 1 saturated carbocycles. The maximum absolute atomic E-state index is 14.4. The summed E-state index contributed by atoms with van der Waals surface area (Å²) in [6, 6.07) is 5.75. The van der Waals surface area contributed by atoms with Crippen molar-refractivity contribution in [3.63, 3.8) is 0 Å². The van der Waals surface area contributed by atoms with Gasteiger partial charge in [0.15, 0.2) is 5.75 Å². The van der Waals surface area contributed by atoms with Gasteiger partial charge in [-0.25, -0.2) is 12.8 Å². The molecule has 29 heavy (non-hydrogen) atoms. The summed E-state index contributed by atoms with van der Waals surface area (Å²) in [5.41, 5.74) is -0.243. The highest BCUT2D eigenvalue weighted by Crippen LogP contribution is 2.44. The molecule has 7 nitrogen and oxygen atoms in total. The van der Waals surface area contributed by atoms with Crippen molar-refractivity contribution < 1.29 is 17.5 Å². The van der Waals surface area contributed by atoms with E-state index in [1.165, 1.54) is 36.9 Å². The maximum Gasteiger partial charge on any atom is 0.255 e. The summed E-state index contributed by atoms with van der Waals surface area (Å²) < 4.78 is 49.9. The lowest BCUT2D eigenvalue weighted by Gasteiger charge is -2.20. The van der Waals surface area contributed by atoms with E-state index in [1.807, 2.05) is 36.4 Å². The lowest BCUT2D eigenvalue weighted by atomic mass is 10.1. The molecule has 1 heterocycles. The van der Waals surface area contributed by atoms with Gasteiger partial charge in [-0.15, -0.1) is 0 Å². The second-order valence-electron chi connectivity index (χ2n) is 7.41. The highest BCUT2D eigenvalue weighted by atomic mass is 127. The van der Waals surface area contributed by atoms with Crippen molar-refractivity contribution in [2.45, 2.75) is 25.5 Å². The van der Waals surface area contributed by atoms with Crippen LogP contribution in [0.15, 0.2) is 29.1 Å². The topological polar surface area (TPSA) is 89.4 Å². The van der Waals surface area contributed by atoms with Gasteiger partial charge in [0.1, 0.15) is 17.3 Å². The van der Waals surface area contributed by atoms with Crippen LogP contribution in [0.1, 0.15) is 20.3 Å². The van der Waals surface area contributed by atoms with Gasteiger partial charge in [-0.1, -0.05) is 13.8 Å². The van der Waals surface area contributed by atoms with Crippen LogP contribution in [0.5, 0.6) is 5.75 Å². The van der Waals surface area contributed by atoms with Gasteiger partial charge in [-0.2, -0.15) is 0 Å². The third-order valence-corrected chi connectivity index (χ3v) is 7.58. The van der Waals surface area contributed by atoms with E-state index in [-0.39, 0.29) is 34.8 Å². The van der Waals surface area contributed by atoms with Gasteiger partial charge < -0.3 is 10.1 Å². The molecule has 0 spiro atoms. The van der Waals surface area contributed by atoms with Gasteiger partial charge in [0.25, 0.3) is 5.56 Å². The average molecular weight is 535 g/mol. The number of aromatic nitrogens is 1. The predicted octanol–water partition coefficient (Wildman–Crippen LogP) is 3.67. The quantitative estimate of drug-likeness (QED) is 0.529. The van der Waals surface area contributed by atoms with Crippen molar-refractivity contribution in [1.29, 1.82) is 0 Å². The summed E-state index contributed by atoms with van der Waals surface area (Å²) in [7, 11) is -0.893. The molecule has 158 valence electrons. The zero-order chi connectivity index (χ0) is 21.5. The minimum atomic E-state index is -3.71. The Balaban J connectivity index is 2.06. The SMILES string of the molecule is COc1cc(=O)n(C)c(Nc2ccc(I)cc2F)c1NS(=O)(=O)C1CC1C(C)C. The van der Waals surface area contributed by atoms with Gasteiger partial charge in [-0.05, 0) is 59.0 Å². The van der Waals surface area contributed by atoms with E-state index in [4.69, 9.17) is 4.74 Å². The normalized spacial score (nSPS) is 18.6. The Morgan fingerprint density at radius 2 is 2.00 bits per heavy atom. The number of anilines is 3. The van der Waals surface area contributed by atoms with Gasteiger partial charge in [0, 0.05) is 16.7 Å². The van der Waals surface area contributed by atoms with Crippen LogP contribution in [-0.4, -0.2) is 25.3 Å². The molecule has 0 radical (unpaired) electrons. The van der Waals surface area contributed by atoms with Crippen LogP contribution in [0, 0.1) is 21.2 Å². The summed E-state index contributed by atoms with van der Waals surface area (Å²) >= 11 is 1.99. The highest BCUT2D eigenvalue weighted by Gasteiger charge is 2.49. The molecule has 2 aromatic rings. The monoisotopic (exact) mass is 535 g/mol. The Hall–Kier alpha value is -1.82. The fourth-order valence-electron chi connectivity index (χ4n) is 3.27. The number of benzene rings is 1. The van der Waals surface area contributed by atoms with Crippen LogP contribution in [-0.2, 0) is 17.1 Å². The molecule has 3 rings (SSSR count). The molecule has 1 fully saturated rings. The molecule has 2 unspecified atom stereocenters. The Kier molecular flexibility index (Phi) is 6.13. The fraction of sp³-hybridized carbons (Fsp3) is 0.421. The molecule has 0 amide bonds. The number of methoxy groups -OCH3 is 1. The van der Waals surface area contributed by atoms with Gasteiger partial charge in [0.05, 0.1) is 18.0 Å². The van der Waals surface area contributed by atoms with E-state index in [2.05, 4.69) is 10.0 Å². The zero-order valence-electron chi connectivity index (χ0n) is 16.5. The third-order valence-electron chi connectivity index (χ3n) is 5.09. The van der Waals surface area contributed by atoms with Crippen molar-refractivity contribution in [1.82, 2.24) is 4.57 Å². The summed E-state index contributed by atoms with van der Waals surface area (Å²) in [6.45, 7) is 3.97. The minimum Gasteiger partial charge on any atom is -0.494 e. The summed E-state index contributed by atoms with van der Waals surface area (Å²) in [5.74, 6) is -0.0391. The number of nitrogens with zero attached hydrogens (tertiary/aromatic N) is 1. The van der Waals surface area contributed by atoms with Crippen molar-refractivity contribution in [3.05, 3.63) is 44.0 Å². The van der Waals surface area contributed by atoms with E-state index in [9.17, 15) is 17.6 Å². The van der Waals surface area contributed by atoms with Crippen LogP contribution in [0.2, 0.25) is 0 Å². The van der Waals surface area contributed by atoms with Gasteiger partial charge in [0.2, 0.25) is 10.0 Å². The van der Waals surface area contributed by atoms with E-state index in [0.717, 1.165) is 0 Å². The molecule has 0 bridgehead atoms. The van der Waals surface area contributed by atoms with Crippen LogP contribution < -0.4 is 20.3 Å². The van der Waals surface area contributed by atoms with Gasteiger partial charge >= 0.3 is 0 Å². The number of rotatable bonds is 7. The Morgan fingerprint density at radius 3 is 2.55 bits per heavy atom. The molecule has 1 aromatic carbocycles. The number of halogens is 2. The van der Waals surface area contributed by atoms with Crippen LogP contribution >= 0.6 is 22.6 Å². The molecule has 1 aliphatic carbocycles. The number of sulfonamides is 1. The Morgan fingerprint density at radius 1 is 1.31 bits per heavy atom. The fourth-order valence-corrected chi connectivity index (χ4v) is 5.60. The molecule has 2 atom stereocenters. The molecule has 1 aromatic heterocycles.